The van der Waals surface area contributed by atoms with Crippen molar-refractivity contribution in [2.45, 2.75) is 119 Å². The van der Waals surface area contributed by atoms with Gasteiger partial charge in [-0.05, 0) is 108 Å². The molecule has 5 aliphatic rings. The maximum absolute atomic E-state index is 14.2. The second-order valence-electron chi connectivity index (χ2n) is 16.3. The van der Waals surface area contributed by atoms with Crippen molar-refractivity contribution < 1.29 is 19.1 Å². The third kappa shape index (κ3) is 4.07. The van der Waals surface area contributed by atoms with Crippen LogP contribution in [0.15, 0.2) is 11.1 Å². The van der Waals surface area contributed by atoms with Gasteiger partial charge < -0.3 is 4.74 Å². The van der Waals surface area contributed by atoms with Gasteiger partial charge in [-0.2, -0.15) is 4.80 Å². The Labute approximate surface area is 256 Å². The Morgan fingerprint density at radius 1 is 0.953 bits per heavy atom. The zero-order chi connectivity index (χ0) is 31.3. The van der Waals surface area contributed by atoms with Gasteiger partial charge in [-0.1, -0.05) is 53.6 Å². The lowest BCUT2D eigenvalue weighted by Gasteiger charge is -2.72. The van der Waals surface area contributed by atoms with Crippen LogP contribution in [-0.4, -0.2) is 44.0 Å². The zero-order valence-electron chi connectivity index (χ0n) is 27.7. The van der Waals surface area contributed by atoms with Crippen molar-refractivity contribution in [1.82, 2.24) is 20.2 Å². The molecule has 0 aliphatic heterocycles. The maximum atomic E-state index is 14.2. The van der Waals surface area contributed by atoms with E-state index in [9.17, 15) is 14.4 Å². The molecule has 43 heavy (non-hydrogen) atoms. The third-order valence-electron chi connectivity index (χ3n) is 13.8. The minimum absolute atomic E-state index is 0.0323. The van der Waals surface area contributed by atoms with Crippen LogP contribution in [0.5, 0.6) is 0 Å². The lowest BCUT2D eigenvalue weighted by molar-refractivity contribution is -0.232. The summed E-state index contributed by atoms with van der Waals surface area (Å²) in [5.41, 5.74) is 1.25. The average Bonchev–Trinajstić information content (AvgIpc) is 3.46. The molecule has 4 saturated carbocycles. The van der Waals surface area contributed by atoms with Crippen molar-refractivity contribution in [3.63, 3.8) is 0 Å². The molecule has 1 aromatic heterocycles. The second kappa shape index (κ2) is 9.71. The highest BCUT2D eigenvalue weighted by Crippen LogP contribution is 2.76. The van der Waals surface area contributed by atoms with Crippen LogP contribution in [0.4, 0.5) is 5.95 Å². The summed E-state index contributed by atoms with van der Waals surface area (Å²) in [6.45, 7) is 17.9. The molecule has 1 amide bonds. The molecule has 1 N–H and O–H groups in total. The number of tetrazole rings is 1. The van der Waals surface area contributed by atoms with Gasteiger partial charge in [-0.25, -0.2) is 0 Å². The lowest BCUT2D eigenvalue weighted by Crippen LogP contribution is -2.66. The van der Waals surface area contributed by atoms with Crippen LogP contribution in [0.1, 0.15) is 113 Å². The first kappa shape index (κ1) is 30.4. The zero-order valence-corrected chi connectivity index (χ0v) is 27.7. The first-order valence-corrected chi connectivity index (χ1v) is 16.5. The van der Waals surface area contributed by atoms with Gasteiger partial charge >= 0.3 is 5.97 Å². The summed E-state index contributed by atoms with van der Waals surface area (Å²) in [5, 5.41) is 15.1. The van der Waals surface area contributed by atoms with E-state index in [4.69, 9.17) is 4.74 Å². The highest BCUT2D eigenvalue weighted by molar-refractivity contribution is 6.09. The van der Waals surface area contributed by atoms with Crippen LogP contribution in [-0.2, 0) is 26.2 Å². The van der Waals surface area contributed by atoms with Gasteiger partial charge in [0.25, 0.3) is 5.95 Å². The predicted octanol–water partition coefficient (Wildman–Crippen LogP) is 6.06. The quantitative estimate of drug-likeness (QED) is 0.422. The minimum atomic E-state index is -0.853. The number of fused-ring (bicyclic) bond motifs is 7. The van der Waals surface area contributed by atoms with Crippen molar-refractivity contribution in [2.75, 3.05) is 5.32 Å². The van der Waals surface area contributed by atoms with E-state index in [-0.39, 0.29) is 69.6 Å². The van der Waals surface area contributed by atoms with Crippen molar-refractivity contribution in [3.8, 4) is 0 Å². The van der Waals surface area contributed by atoms with Crippen LogP contribution >= 0.6 is 0 Å². The van der Waals surface area contributed by atoms with Gasteiger partial charge in [-0.3, -0.25) is 19.7 Å². The van der Waals surface area contributed by atoms with Crippen LogP contribution in [0, 0.1) is 50.7 Å². The van der Waals surface area contributed by atoms with Crippen LogP contribution in [0.2, 0.25) is 0 Å². The fraction of sp³-hybridized carbons (Fsp3) is 0.824. The molecule has 0 spiro atoms. The molecule has 3 unspecified atom stereocenters. The van der Waals surface area contributed by atoms with Gasteiger partial charge in [0, 0.05) is 18.8 Å². The maximum Gasteiger partial charge on any atom is 0.302 e. The number of rotatable bonds is 4. The number of nitrogens with zero attached hydrogens (tertiary/aromatic N) is 4. The Bertz CT molecular complexity index is 1400. The molecule has 4 fully saturated rings. The van der Waals surface area contributed by atoms with E-state index in [1.807, 2.05) is 0 Å². The Hall–Kier alpha value is -2.58. The van der Waals surface area contributed by atoms with Crippen molar-refractivity contribution in [3.05, 3.63) is 11.1 Å². The molecule has 236 valence electrons. The minimum Gasteiger partial charge on any atom is -0.462 e. The van der Waals surface area contributed by atoms with Crippen molar-refractivity contribution >= 4 is 23.6 Å². The largest absolute Gasteiger partial charge is 0.462 e. The number of nitrogens with one attached hydrogen (secondary N) is 1. The van der Waals surface area contributed by atoms with E-state index < -0.39 is 5.41 Å². The molecular formula is C34H51N5O4. The smallest absolute Gasteiger partial charge is 0.302 e. The molecule has 0 bridgehead atoms. The first-order valence-electron chi connectivity index (χ1n) is 16.5. The monoisotopic (exact) mass is 593 g/mol. The van der Waals surface area contributed by atoms with E-state index in [0.29, 0.717) is 18.3 Å². The van der Waals surface area contributed by atoms with E-state index in [1.165, 1.54) is 11.7 Å². The van der Waals surface area contributed by atoms with Crippen LogP contribution in [0.3, 0.4) is 0 Å². The van der Waals surface area contributed by atoms with Gasteiger partial charge in [0.05, 0.1) is 12.5 Å². The summed E-state index contributed by atoms with van der Waals surface area (Å²) in [4.78, 5) is 41.3. The van der Waals surface area contributed by atoms with Gasteiger partial charge in [0.1, 0.15) is 6.10 Å². The van der Waals surface area contributed by atoms with Crippen LogP contribution in [0.25, 0.3) is 0 Å². The standard InChI is InChI=1S/C34H51N5O4/c1-19(2)26-22(41)18-34(28(42)35-29-36-38-39(9)37-29)17-16-32(7)21(27(26)34)10-11-24-31(6)14-13-25(43-20(3)40)30(4,5)23(31)12-15-33(24,32)8/h19,21,23-25H,10-18H2,1-9H3,(H,35,37,42)/t21?,23?,24?,25-,31-,32+,33+,34+/m0/s1. The number of carbonyl (C=O) groups is 3. The predicted molar refractivity (Wildman–Crippen MR) is 162 cm³/mol. The summed E-state index contributed by atoms with van der Waals surface area (Å²) in [6, 6.07) is 0. The second-order valence-corrected chi connectivity index (χ2v) is 16.3. The molecular weight excluding hydrogens is 542 g/mol. The topological polar surface area (TPSA) is 116 Å². The number of carbonyl (C=O) groups excluding carboxylic acids is 3. The Kier molecular flexibility index (Phi) is 6.87. The van der Waals surface area contributed by atoms with Gasteiger partial charge in [-0.15, -0.1) is 5.10 Å². The molecule has 8 atom stereocenters. The number of aromatic nitrogens is 4. The first-order chi connectivity index (χ1) is 20.0. The summed E-state index contributed by atoms with van der Waals surface area (Å²) in [7, 11) is 1.67. The van der Waals surface area contributed by atoms with Crippen LogP contribution < -0.4 is 5.32 Å². The summed E-state index contributed by atoms with van der Waals surface area (Å²) >= 11 is 0. The SMILES string of the molecule is CC(=O)O[C@H]1CC[C@@]2(C)C(CC[C@]3(C)C2CCC2C4=C(C(C)C)C(=O)C[C@]4(C(=O)Nc4nnn(C)n4)CC[C@]23C)C1(C)C. The number of ether oxygens (including phenoxy) is 1. The Morgan fingerprint density at radius 3 is 2.30 bits per heavy atom. The van der Waals surface area contributed by atoms with E-state index in [0.717, 1.165) is 56.1 Å². The number of aryl methyl sites for hydroxylation is 1. The molecule has 0 radical (unpaired) electrons. The van der Waals surface area contributed by atoms with Crippen molar-refractivity contribution in [1.29, 1.82) is 0 Å². The third-order valence-corrected chi connectivity index (χ3v) is 13.8. The molecule has 9 heteroatoms. The van der Waals surface area contributed by atoms with Gasteiger partial charge in [0.15, 0.2) is 5.78 Å². The number of ketones is 1. The number of esters is 1. The summed E-state index contributed by atoms with van der Waals surface area (Å²) < 4.78 is 5.91. The normalized spacial score (nSPS) is 41.7. The highest BCUT2D eigenvalue weighted by Gasteiger charge is 2.71. The Balaban J connectivity index is 1.39. The van der Waals surface area contributed by atoms with Crippen molar-refractivity contribution in [2.24, 2.45) is 57.8 Å². The molecule has 9 nitrogen and oxygen atoms in total. The lowest BCUT2D eigenvalue weighted by atomic mass is 9.33. The van der Waals surface area contributed by atoms with Gasteiger partial charge in [0.2, 0.25) is 5.91 Å². The summed E-state index contributed by atoms with van der Waals surface area (Å²) in [5.74, 6) is 1.22. The number of amides is 1. The van der Waals surface area contributed by atoms with E-state index >= 15 is 0 Å². The molecule has 1 aromatic rings. The number of allylic oxidation sites excluding steroid dienone is 1. The van der Waals surface area contributed by atoms with E-state index in [1.54, 1.807) is 7.05 Å². The molecule has 1 heterocycles. The fourth-order valence-electron chi connectivity index (χ4n) is 11.8. The molecule has 6 rings (SSSR count). The summed E-state index contributed by atoms with van der Waals surface area (Å²) in [6.07, 6.45) is 8.03. The molecule has 0 aromatic carbocycles. The number of hydrogen-bond acceptors (Lipinski definition) is 7. The molecule has 0 saturated heterocycles. The van der Waals surface area contributed by atoms with E-state index in [2.05, 4.69) is 69.2 Å². The highest BCUT2D eigenvalue weighted by atomic mass is 16.5. The number of Topliss-reactive ketones (excluding diaryl/α,β-unsaturated/α-hetero) is 1. The molecule has 5 aliphatic carbocycles. The average molecular weight is 594 g/mol. The Morgan fingerprint density at radius 2 is 1.67 bits per heavy atom. The number of hydrogen-bond donors (Lipinski definition) is 1. The fourth-order valence-corrected chi connectivity index (χ4v) is 11.8. The number of anilines is 1.